The Balaban J connectivity index is 2.01. The van der Waals surface area contributed by atoms with E-state index in [9.17, 15) is 4.79 Å². The molecule has 0 fully saturated rings. The Morgan fingerprint density at radius 1 is 1.50 bits per heavy atom. The molecule has 0 aliphatic carbocycles. The predicted octanol–water partition coefficient (Wildman–Crippen LogP) is 2.56. The molecule has 0 saturated carbocycles. The molecule has 1 aromatic heterocycles. The summed E-state index contributed by atoms with van der Waals surface area (Å²) in [6.45, 7) is 2.31. The Hall–Kier alpha value is -1.82. The zero-order valence-corrected chi connectivity index (χ0v) is 13.0. The number of rotatable bonds is 5. The van der Waals surface area contributed by atoms with E-state index in [1.165, 1.54) is 5.56 Å². The first-order valence-corrected chi connectivity index (χ1v) is 7.13. The fourth-order valence-electron chi connectivity index (χ4n) is 1.86. The largest absolute Gasteiger partial charge is 0.376 e. The molecule has 2 aromatic rings. The normalized spacial score (nSPS) is 11.9. The molecule has 1 aromatic carbocycles. The van der Waals surface area contributed by atoms with Gasteiger partial charge in [-0.15, -0.1) is 0 Å². The van der Waals surface area contributed by atoms with Gasteiger partial charge < -0.3 is 10.6 Å². The van der Waals surface area contributed by atoms with E-state index in [0.717, 1.165) is 10.2 Å². The number of nitrogens with zero attached hydrogens (tertiary/aromatic N) is 2. The third-order valence-corrected chi connectivity index (χ3v) is 3.44. The van der Waals surface area contributed by atoms with Crippen molar-refractivity contribution in [3.8, 4) is 0 Å². The van der Waals surface area contributed by atoms with Gasteiger partial charge in [-0.05, 0) is 24.6 Å². The third-order valence-electron chi connectivity index (χ3n) is 2.95. The number of benzene rings is 1. The van der Waals surface area contributed by atoms with E-state index in [1.54, 1.807) is 17.9 Å². The number of halogens is 1. The van der Waals surface area contributed by atoms with Crippen LogP contribution in [0.2, 0.25) is 0 Å². The number of anilines is 1. The van der Waals surface area contributed by atoms with Crippen molar-refractivity contribution >= 4 is 27.5 Å². The first kappa shape index (κ1) is 14.6. The van der Waals surface area contributed by atoms with Crippen LogP contribution in [0.15, 0.2) is 41.1 Å². The van der Waals surface area contributed by atoms with E-state index in [4.69, 9.17) is 0 Å². The summed E-state index contributed by atoms with van der Waals surface area (Å²) in [5, 5.41) is 10.1. The monoisotopic (exact) mass is 336 g/mol. The SMILES string of the molecule is CNC(=O)Cn1cc(NC(C)c2cccc(Br)c2)cn1. The maximum atomic E-state index is 11.3. The summed E-state index contributed by atoms with van der Waals surface area (Å²) in [6, 6.07) is 8.30. The van der Waals surface area contributed by atoms with Crippen molar-refractivity contribution in [1.82, 2.24) is 15.1 Å². The third kappa shape index (κ3) is 3.84. The Morgan fingerprint density at radius 3 is 3.00 bits per heavy atom. The van der Waals surface area contributed by atoms with Crippen molar-refractivity contribution in [2.75, 3.05) is 12.4 Å². The molecule has 1 atom stereocenters. The minimum atomic E-state index is -0.0697. The molecule has 2 rings (SSSR count). The zero-order valence-electron chi connectivity index (χ0n) is 11.4. The van der Waals surface area contributed by atoms with Gasteiger partial charge in [0.15, 0.2) is 0 Å². The van der Waals surface area contributed by atoms with Crippen LogP contribution in [0.1, 0.15) is 18.5 Å². The summed E-state index contributed by atoms with van der Waals surface area (Å²) >= 11 is 3.47. The van der Waals surface area contributed by atoms with Gasteiger partial charge in [0, 0.05) is 23.8 Å². The molecule has 2 N–H and O–H groups in total. The number of hydrogen-bond acceptors (Lipinski definition) is 3. The van der Waals surface area contributed by atoms with Crippen LogP contribution in [0.25, 0.3) is 0 Å². The van der Waals surface area contributed by atoms with E-state index >= 15 is 0 Å². The van der Waals surface area contributed by atoms with Crippen molar-refractivity contribution in [2.45, 2.75) is 19.5 Å². The topological polar surface area (TPSA) is 59.0 Å². The summed E-state index contributed by atoms with van der Waals surface area (Å²) in [6.07, 6.45) is 3.54. The van der Waals surface area contributed by atoms with Crippen LogP contribution < -0.4 is 10.6 Å². The average Bonchev–Trinajstić information content (AvgIpc) is 2.85. The summed E-state index contributed by atoms with van der Waals surface area (Å²) in [5.74, 6) is -0.0697. The van der Waals surface area contributed by atoms with Crippen LogP contribution in [0.3, 0.4) is 0 Å². The number of nitrogens with one attached hydrogen (secondary N) is 2. The maximum Gasteiger partial charge on any atom is 0.241 e. The Bertz CT molecular complexity index is 596. The number of aromatic nitrogens is 2. The molecule has 1 heterocycles. The smallest absolute Gasteiger partial charge is 0.241 e. The van der Waals surface area contributed by atoms with E-state index in [-0.39, 0.29) is 18.5 Å². The summed E-state index contributed by atoms with van der Waals surface area (Å²) in [4.78, 5) is 11.3. The molecule has 0 aliphatic rings. The molecule has 0 spiro atoms. The van der Waals surface area contributed by atoms with Crippen LogP contribution in [0.4, 0.5) is 5.69 Å². The highest BCUT2D eigenvalue weighted by Gasteiger charge is 2.08. The molecule has 0 aliphatic heterocycles. The van der Waals surface area contributed by atoms with Gasteiger partial charge in [0.25, 0.3) is 0 Å². The van der Waals surface area contributed by atoms with Crippen LogP contribution in [0, 0.1) is 0 Å². The molecule has 1 unspecified atom stereocenters. The molecule has 5 nitrogen and oxygen atoms in total. The first-order chi connectivity index (χ1) is 9.58. The fourth-order valence-corrected chi connectivity index (χ4v) is 2.28. The van der Waals surface area contributed by atoms with Crippen LogP contribution in [-0.4, -0.2) is 22.7 Å². The lowest BCUT2D eigenvalue weighted by Gasteiger charge is -2.14. The van der Waals surface area contributed by atoms with Gasteiger partial charge in [-0.1, -0.05) is 28.1 Å². The van der Waals surface area contributed by atoms with Gasteiger partial charge in [0.05, 0.1) is 11.9 Å². The number of amides is 1. The quantitative estimate of drug-likeness (QED) is 0.882. The number of carbonyl (C=O) groups is 1. The minimum absolute atomic E-state index is 0.0697. The first-order valence-electron chi connectivity index (χ1n) is 6.33. The summed E-state index contributed by atoms with van der Waals surface area (Å²) < 4.78 is 2.66. The van der Waals surface area contributed by atoms with Gasteiger partial charge in [-0.3, -0.25) is 9.48 Å². The predicted molar refractivity (Wildman–Crippen MR) is 82.5 cm³/mol. The molecular weight excluding hydrogens is 320 g/mol. The lowest BCUT2D eigenvalue weighted by molar-refractivity contribution is -0.121. The highest BCUT2D eigenvalue weighted by Crippen LogP contribution is 2.21. The van der Waals surface area contributed by atoms with Gasteiger partial charge in [-0.2, -0.15) is 5.10 Å². The van der Waals surface area contributed by atoms with Crippen molar-refractivity contribution in [3.05, 3.63) is 46.7 Å². The van der Waals surface area contributed by atoms with E-state index < -0.39 is 0 Å². The molecule has 106 valence electrons. The highest BCUT2D eigenvalue weighted by atomic mass is 79.9. The molecule has 6 heteroatoms. The Labute approximate surface area is 126 Å². The lowest BCUT2D eigenvalue weighted by atomic mass is 10.1. The lowest BCUT2D eigenvalue weighted by Crippen LogP contribution is -2.23. The molecule has 0 radical (unpaired) electrons. The van der Waals surface area contributed by atoms with E-state index in [2.05, 4.69) is 50.7 Å². The van der Waals surface area contributed by atoms with Crippen LogP contribution in [0.5, 0.6) is 0 Å². The second kappa shape index (κ2) is 6.56. The second-order valence-corrected chi connectivity index (χ2v) is 5.44. The fraction of sp³-hybridized carbons (Fsp3) is 0.286. The van der Waals surface area contributed by atoms with Crippen molar-refractivity contribution < 1.29 is 4.79 Å². The van der Waals surface area contributed by atoms with Crippen LogP contribution in [-0.2, 0) is 11.3 Å². The molecule has 20 heavy (non-hydrogen) atoms. The van der Waals surface area contributed by atoms with Gasteiger partial charge in [-0.25, -0.2) is 0 Å². The number of hydrogen-bond donors (Lipinski definition) is 2. The van der Waals surface area contributed by atoms with Gasteiger partial charge in [0.2, 0.25) is 5.91 Å². The molecular formula is C14H17BrN4O. The Morgan fingerprint density at radius 2 is 2.30 bits per heavy atom. The van der Waals surface area contributed by atoms with Crippen molar-refractivity contribution in [3.63, 3.8) is 0 Å². The number of likely N-dealkylation sites (N-methyl/N-ethyl adjacent to an activating group) is 1. The standard InChI is InChI=1S/C14H17BrN4O/c1-10(11-4-3-5-12(15)6-11)18-13-7-17-19(8-13)9-14(20)16-2/h3-8,10,18H,9H2,1-2H3,(H,16,20). The second-order valence-electron chi connectivity index (χ2n) is 4.52. The van der Waals surface area contributed by atoms with Gasteiger partial charge in [0.1, 0.15) is 6.54 Å². The summed E-state index contributed by atoms with van der Waals surface area (Å²) in [7, 11) is 1.61. The van der Waals surface area contributed by atoms with Crippen molar-refractivity contribution in [2.24, 2.45) is 0 Å². The van der Waals surface area contributed by atoms with E-state index in [0.29, 0.717) is 0 Å². The minimum Gasteiger partial charge on any atom is -0.376 e. The Kier molecular flexibility index (Phi) is 4.79. The van der Waals surface area contributed by atoms with Crippen molar-refractivity contribution in [1.29, 1.82) is 0 Å². The highest BCUT2D eigenvalue weighted by molar-refractivity contribution is 9.10. The molecule has 1 amide bonds. The average molecular weight is 337 g/mol. The zero-order chi connectivity index (χ0) is 14.5. The summed E-state index contributed by atoms with van der Waals surface area (Å²) in [5.41, 5.74) is 2.07. The van der Waals surface area contributed by atoms with E-state index in [1.807, 2.05) is 18.3 Å². The van der Waals surface area contributed by atoms with Crippen LogP contribution >= 0.6 is 15.9 Å². The molecule has 0 saturated heterocycles. The maximum absolute atomic E-state index is 11.3. The van der Waals surface area contributed by atoms with Gasteiger partial charge >= 0.3 is 0 Å². The number of carbonyl (C=O) groups excluding carboxylic acids is 1. The molecule has 0 bridgehead atoms.